The summed E-state index contributed by atoms with van der Waals surface area (Å²) in [6, 6.07) is 78.1. The summed E-state index contributed by atoms with van der Waals surface area (Å²) in [6.45, 7) is 0. The first-order valence-corrected chi connectivity index (χ1v) is 18.8. The Balaban J connectivity index is 1.07. The molecular weight excluding hydrogens is 665 g/mol. The Morgan fingerprint density at radius 2 is 0.655 bits per heavy atom. The molecule has 0 radical (unpaired) electrons. The van der Waals surface area contributed by atoms with Gasteiger partial charge in [0.25, 0.3) is 0 Å². The Kier molecular flexibility index (Phi) is 8.20. The van der Waals surface area contributed by atoms with Crippen LogP contribution in [0.25, 0.3) is 94.5 Å². The Hall–Kier alpha value is -7.29. The maximum absolute atomic E-state index is 5.36. The van der Waals surface area contributed by atoms with Gasteiger partial charge in [0.2, 0.25) is 0 Å². The second-order valence-corrected chi connectivity index (χ2v) is 14.0. The van der Waals surface area contributed by atoms with Crippen LogP contribution in [0.5, 0.6) is 0 Å². The van der Waals surface area contributed by atoms with Crippen molar-refractivity contribution in [3.8, 4) is 72.7 Å². The summed E-state index contributed by atoms with van der Waals surface area (Å²) in [7, 11) is 0. The lowest BCUT2D eigenvalue weighted by Gasteiger charge is -2.13. The average molecular weight is 701 g/mol. The third-order valence-corrected chi connectivity index (χ3v) is 10.6. The molecule has 0 atom stereocenters. The molecule has 2 nitrogen and oxygen atoms in total. The highest BCUT2D eigenvalue weighted by Gasteiger charge is 2.14. The quantitative estimate of drug-likeness (QED) is 0.162. The zero-order valence-corrected chi connectivity index (χ0v) is 30.2. The number of fused-ring (bicyclic) bond motifs is 3. The van der Waals surface area contributed by atoms with Gasteiger partial charge in [-0.25, -0.2) is 4.98 Å². The Morgan fingerprint density at radius 1 is 0.255 bits per heavy atom. The van der Waals surface area contributed by atoms with Crippen molar-refractivity contribution in [3.63, 3.8) is 0 Å². The first-order chi connectivity index (χ1) is 27.2. The number of hydrogen-bond donors (Lipinski definition) is 0. The monoisotopic (exact) mass is 700 g/mol. The van der Waals surface area contributed by atoms with Crippen LogP contribution in [0.15, 0.2) is 218 Å². The fraction of sp³-hybridized carbons (Fsp3) is 0. The summed E-state index contributed by atoms with van der Waals surface area (Å²) in [5.41, 5.74) is 17.0. The molecule has 0 aliphatic carbocycles. The van der Waals surface area contributed by atoms with E-state index in [0.717, 1.165) is 39.3 Å². The number of aromatic nitrogens is 2. The van der Waals surface area contributed by atoms with Gasteiger partial charge in [-0.15, -0.1) is 0 Å². The summed E-state index contributed by atoms with van der Waals surface area (Å²) in [4.78, 5) is 5.36. The van der Waals surface area contributed by atoms with Crippen LogP contribution in [0.1, 0.15) is 0 Å². The zero-order valence-electron chi connectivity index (χ0n) is 30.2. The number of nitrogens with zero attached hydrogens (tertiary/aromatic N) is 2. The van der Waals surface area contributed by atoms with Gasteiger partial charge in [-0.1, -0.05) is 176 Å². The first kappa shape index (κ1) is 32.4. The lowest BCUT2D eigenvalue weighted by atomic mass is 9.96. The summed E-state index contributed by atoms with van der Waals surface area (Å²) >= 11 is 0. The predicted octanol–water partition coefficient (Wildman–Crippen LogP) is 14.2. The number of hydrogen-bond acceptors (Lipinski definition) is 1. The highest BCUT2D eigenvalue weighted by molar-refractivity contribution is 6.09. The van der Waals surface area contributed by atoms with Gasteiger partial charge in [0.15, 0.2) is 0 Å². The molecule has 258 valence electrons. The van der Waals surface area contributed by atoms with E-state index < -0.39 is 0 Å². The van der Waals surface area contributed by atoms with E-state index in [1.807, 2.05) is 0 Å². The molecule has 0 saturated carbocycles. The van der Waals surface area contributed by atoms with E-state index in [4.69, 9.17) is 4.98 Å². The highest BCUT2D eigenvalue weighted by atomic mass is 15.0. The van der Waals surface area contributed by atoms with E-state index in [1.165, 1.54) is 55.2 Å². The van der Waals surface area contributed by atoms with E-state index >= 15 is 0 Å². The van der Waals surface area contributed by atoms with Crippen molar-refractivity contribution < 1.29 is 0 Å². The third kappa shape index (κ3) is 6.20. The van der Waals surface area contributed by atoms with Crippen LogP contribution in [-0.2, 0) is 0 Å². The van der Waals surface area contributed by atoms with Crippen molar-refractivity contribution in [1.82, 2.24) is 9.55 Å². The molecule has 0 amide bonds. The van der Waals surface area contributed by atoms with E-state index in [2.05, 4.69) is 223 Å². The highest BCUT2D eigenvalue weighted by Crippen LogP contribution is 2.36. The predicted molar refractivity (Wildman–Crippen MR) is 231 cm³/mol. The Morgan fingerprint density at radius 3 is 1.25 bits per heavy atom. The SMILES string of the molecule is c1ccc(-c2ccc(-c3cc(-c4ccc(-c5cccc(-c6ccccc6)c5)cc4)nc(-c4cccc(-n5c6ccccc6c6ccccc65)c4)c3)cc2)cc1. The molecule has 2 heteroatoms. The topological polar surface area (TPSA) is 17.8 Å². The van der Waals surface area contributed by atoms with Gasteiger partial charge in [0.05, 0.1) is 22.4 Å². The van der Waals surface area contributed by atoms with Gasteiger partial charge in [-0.2, -0.15) is 0 Å². The molecule has 0 N–H and O–H groups in total. The number of para-hydroxylation sites is 2. The van der Waals surface area contributed by atoms with Crippen molar-refractivity contribution in [2.24, 2.45) is 0 Å². The van der Waals surface area contributed by atoms with Crippen LogP contribution in [-0.4, -0.2) is 9.55 Å². The molecule has 0 saturated heterocycles. The van der Waals surface area contributed by atoms with E-state index in [9.17, 15) is 0 Å². The number of pyridine rings is 1. The van der Waals surface area contributed by atoms with E-state index in [1.54, 1.807) is 0 Å². The van der Waals surface area contributed by atoms with Crippen LogP contribution in [0.3, 0.4) is 0 Å². The summed E-state index contributed by atoms with van der Waals surface area (Å²) < 4.78 is 2.37. The molecular formula is C53H36N2. The average Bonchev–Trinajstić information content (AvgIpc) is 3.61. The molecule has 10 rings (SSSR count). The third-order valence-electron chi connectivity index (χ3n) is 10.6. The molecule has 0 aliphatic heterocycles. The standard InChI is InChI=1S/C53H36N2/c1-3-13-37(14-4-1)39-25-27-41(28-26-39)46-35-50(42-31-29-40(30-32-42)44-18-11-17-43(33-44)38-15-5-2-6-16-38)54-51(36-46)45-19-12-20-47(34-45)55-52-23-9-7-21-48(52)49-22-8-10-24-53(49)55/h1-36H. The van der Waals surface area contributed by atoms with Gasteiger partial charge >= 0.3 is 0 Å². The fourth-order valence-corrected chi connectivity index (χ4v) is 7.83. The number of rotatable bonds is 7. The Labute approximate surface area is 321 Å². The van der Waals surface area contributed by atoms with Crippen molar-refractivity contribution in [2.75, 3.05) is 0 Å². The van der Waals surface area contributed by atoms with Gasteiger partial charge in [-0.3, -0.25) is 0 Å². The Bertz CT molecular complexity index is 2890. The minimum absolute atomic E-state index is 0.932. The van der Waals surface area contributed by atoms with Crippen molar-refractivity contribution in [3.05, 3.63) is 218 Å². The van der Waals surface area contributed by atoms with Crippen LogP contribution >= 0.6 is 0 Å². The second kappa shape index (κ2) is 13.9. The lowest BCUT2D eigenvalue weighted by Crippen LogP contribution is -1.96. The summed E-state index contributed by atoms with van der Waals surface area (Å²) in [5, 5.41) is 2.50. The molecule has 10 aromatic rings. The van der Waals surface area contributed by atoms with Gasteiger partial charge in [0, 0.05) is 27.6 Å². The van der Waals surface area contributed by atoms with Crippen molar-refractivity contribution in [2.45, 2.75) is 0 Å². The van der Waals surface area contributed by atoms with E-state index in [0.29, 0.717) is 0 Å². The largest absolute Gasteiger partial charge is 0.309 e. The summed E-state index contributed by atoms with van der Waals surface area (Å²) in [6.07, 6.45) is 0. The van der Waals surface area contributed by atoms with Crippen LogP contribution < -0.4 is 0 Å². The smallest absolute Gasteiger partial charge is 0.0716 e. The van der Waals surface area contributed by atoms with Crippen molar-refractivity contribution in [1.29, 1.82) is 0 Å². The first-order valence-electron chi connectivity index (χ1n) is 18.8. The van der Waals surface area contributed by atoms with Crippen LogP contribution in [0.2, 0.25) is 0 Å². The molecule has 8 aromatic carbocycles. The molecule has 0 aliphatic rings. The van der Waals surface area contributed by atoms with E-state index in [-0.39, 0.29) is 0 Å². The maximum atomic E-state index is 5.36. The van der Waals surface area contributed by atoms with Gasteiger partial charge in [0.1, 0.15) is 0 Å². The molecule has 2 aromatic heterocycles. The lowest BCUT2D eigenvalue weighted by molar-refractivity contribution is 1.18. The fourth-order valence-electron chi connectivity index (χ4n) is 7.83. The molecule has 0 bridgehead atoms. The zero-order chi connectivity index (χ0) is 36.6. The minimum atomic E-state index is 0.932. The summed E-state index contributed by atoms with van der Waals surface area (Å²) in [5.74, 6) is 0. The minimum Gasteiger partial charge on any atom is -0.309 e. The van der Waals surface area contributed by atoms with Crippen molar-refractivity contribution >= 4 is 21.8 Å². The van der Waals surface area contributed by atoms with Gasteiger partial charge < -0.3 is 4.57 Å². The second-order valence-electron chi connectivity index (χ2n) is 14.0. The maximum Gasteiger partial charge on any atom is 0.0716 e. The van der Waals surface area contributed by atoms with Crippen LogP contribution in [0, 0.1) is 0 Å². The number of benzene rings is 8. The molecule has 0 fully saturated rings. The molecule has 2 heterocycles. The van der Waals surface area contributed by atoms with Crippen LogP contribution in [0.4, 0.5) is 0 Å². The normalized spacial score (nSPS) is 11.3. The van der Waals surface area contributed by atoms with Gasteiger partial charge in [-0.05, 0) is 87.0 Å². The molecule has 55 heavy (non-hydrogen) atoms. The molecule has 0 spiro atoms. The molecule has 0 unspecified atom stereocenters.